The molecule has 0 aliphatic carbocycles. The molecule has 0 atom stereocenters. The van der Waals surface area contributed by atoms with Gasteiger partial charge in [0.15, 0.2) is 0 Å². The molecule has 0 bridgehead atoms. The minimum atomic E-state index is -0.198. The largest absolute Gasteiger partial charge is 0.207 e. The number of halogens is 2. The molecule has 2 rings (SSSR count). The van der Waals surface area contributed by atoms with Crippen LogP contribution in [0.1, 0.15) is 16.7 Å². The molecule has 0 radical (unpaired) electrons. The van der Waals surface area contributed by atoms with E-state index in [1.165, 1.54) is 6.07 Å². The van der Waals surface area contributed by atoms with Crippen LogP contribution in [0.25, 0.3) is 0 Å². The second kappa shape index (κ2) is 4.67. The fourth-order valence-electron chi connectivity index (χ4n) is 1.63. The fourth-order valence-corrected chi connectivity index (χ4v) is 1.83. The summed E-state index contributed by atoms with van der Waals surface area (Å²) in [5, 5.41) is 0.758. The molecule has 2 heteroatoms. The van der Waals surface area contributed by atoms with Crippen LogP contribution in [-0.2, 0) is 6.42 Å². The van der Waals surface area contributed by atoms with E-state index >= 15 is 0 Å². The molecule has 0 aliphatic rings. The Hall–Kier alpha value is -1.34. The highest BCUT2D eigenvalue weighted by molar-refractivity contribution is 6.31. The van der Waals surface area contributed by atoms with Crippen molar-refractivity contribution in [3.05, 3.63) is 70.0 Å². The molecule has 0 unspecified atom stereocenters. The van der Waals surface area contributed by atoms with Crippen LogP contribution in [0.4, 0.5) is 4.39 Å². The molecule has 0 spiro atoms. The molecule has 0 nitrogen and oxygen atoms in total. The van der Waals surface area contributed by atoms with Crippen LogP contribution >= 0.6 is 11.6 Å². The Labute approximate surface area is 99.7 Å². The summed E-state index contributed by atoms with van der Waals surface area (Å²) < 4.78 is 13.0. The van der Waals surface area contributed by atoms with Gasteiger partial charge in [-0.25, -0.2) is 4.39 Å². The molecule has 0 heterocycles. The van der Waals surface area contributed by atoms with Crippen molar-refractivity contribution in [1.29, 1.82) is 0 Å². The first-order chi connectivity index (χ1) is 7.65. The summed E-state index contributed by atoms with van der Waals surface area (Å²) in [4.78, 5) is 0. The highest BCUT2D eigenvalue weighted by Crippen LogP contribution is 2.19. The van der Waals surface area contributed by atoms with Crippen molar-refractivity contribution in [2.24, 2.45) is 0 Å². The van der Waals surface area contributed by atoms with E-state index in [2.05, 4.69) is 0 Å². The Morgan fingerprint density at radius 3 is 2.50 bits per heavy atom. The van der Waals surface area contributed by atoms with E-state index in [0.717, 1.165) is 21.7 Å². The molecule has 2 aromatic carbocycles. The van der Waals surface area contributed by atoms with Gasteiger partial charge in [0.05, 0.1) is 0 Å². The topological polar surface area (TPSA) is 0 Å². The quantitative estimate of drug-likeness (QED) is 0.724. The second-order valence-corrected chi connectivity index (χ2v) is 4.30. The third-order valence-corrected chi connectivity index (χ3v) is 2.94. The maximum absolute atomic E-state index is 13.0. The molecule has 82 valence electrons. The summed E-state index contributed by atoms with van der Waals surface area (Å²) in [5.41, 5.74) is 3.12. The third-order valence-electron chi connectivity index (χ3n) is 2.53. The summed E-state index contributed by atoms with van der Waals surface area (Å²) in [5.74, 6) is -0.198. The van der Waals surface area contributed by atoms with E-state index in [4.69, 9.17) is 11.6 Å². The van der Waals surface area contributed by atoms with Crippen LogP contribution < -0.4 is 0 Å². The van der Waals surface area contributed by atoms with Crippen molar-refractivity contribution in [2.45, 2.75) is 13.3 Å². The van der Waals surface area contributed by atoms with Crippen molar-refractivity contribution in [3.63, 3.8) is 0 Å². The minimum Gasteiger partial charge on any atom is -0.207 e. The number of hydrogen-bond donors (Lipinski definition) is 0. The van der Waals surface area contributed by atoms with E-state index in [0.29, 0.717) is 6.42 Å². The van der Waals surface area contributed by atoms with E-state index in [1.807, 2.05) is 31.2 Å². The van der Waals surface area contributed by atoms with Gasteiger partial charge in [0, 0.05) is 5.02 Å². The molecular formula is C14H12ClF. The van der Waals surface area contributed by atoms with Crippen molar-refractivity contribution in [3.8, 4) is 0 Å². The predicted molar refractivity (Wildman–Crippen MR) is 65.4 cm³/mol. The predicted octanol–water partition coefficient (Wildman–Crippen LogP) is 4.38. The molecule has 0 amide bonds. The molecule has 0 aliphatic heterocycles. The van der Waals surface area contributed by atoms with E-state index in [9.17, 15) is 4.39 Å². The zero-order valence-electron chi connectivity index (χ0n) is 9.00. The van der Waals surface area contributed by atoms with Gasteiger partial charge in [-0.2, -0.15) is 0 Å². The van der Waals surface area contributed by atoms with Crippen LogP contribution in [0.5, 0.6) is 0 Å². The number of aryl methyl sites for hydroxylation is 1. The Balaban J connectivity index is 2.24. The Morgan fingerprint density at radius 2 is 1.81 bits per heavy atom. The summed E-state index contributed by atoms with van der Waals surface area (Å²) >= 11 is 6.04. The van der Waals surface area contributed by atoms with Gasteiger partial charge in [-0.1, -0.05) is 35.9 Å². The minimum absolute atomic E-state index is 0.198. The summed E-state index contributed by atoms with van der Waals surface area (Å²) in [6.07, 6.45) is 0.706. The van der Waals surface area contributed by atoms with Gasteiger partial charge in [0.1, 0.15) is 5.82 Å². The average Bonchev–Trinajstić information content (AvgIpc) is 2.24. The molecular weight excluding hydrogens is 223 g/mol. The molecule has 2 aromatic rings. The first-order valence-electron chi connectivity index (χ1n) is 5.14. The number of rotatable bonds is 2. The van der Waals surface area contributed by atoms with Gasteiger partial charge < -0.3 is 0 Å². The zero-order valence-corrected chi connectivity index (χ0v) is 9.76. The van der Waals surface area contributed by atoms with Crippen LogP contribution in [-0.4, -0.2) is 0 Å². The second-order valence-electron chi connectivity index (χ2n) is 3.89. The monoisotopic (exact) mass is 234 g/mol. The Morgan fingerprint density at radius 1 is 1.06 bits per heavy atom. The first kappa shape index (κ1) is 11.2. The maximum Gasteiger partial charge on any atom is 0.123 e. The molecule has 0 aromatic heterocycles. The van der Waals surface area contributed by atoms with E-state index < -0.39 is 0 Å². The van der Waals surface area contributed by atoms with Gasteiger partial charge >= 0.3 is 0 Å². The lowest BCUT2D eigenvalue weighted by atomic mass is 10.0. The van der Waals surface area contributed by atoms with E-state index in [1.54, 1.807) is 12.1 Å². The van der Waals surface area contributed by atoms with Crippen LogP contribution in [0, 0.1) is 12.7 Å². The zero-order chi connectivity index (χ0) is 11.5. The van der Waals surface area contributed by atoms with E-state index in [-0.39, 0.29) is 5.82 Å². The van der Waals surface area contributed by atoms with Gasteiger partial charge in [-0.3, -0.25) is 0 Å². The molecule has 0 saturated heterocycles. The lowest BCUT2D eigenvalue weighted by Crippen LogP contribution is -1.89. The molecule has 16 heavy (non-hydrogen) atoms. The Kier molecular flexibility index (Phi) is 3.25. The molecule has 0 fully saturated rings. The smallest absolute Gasteiger partial charge is 0.123 e. The van der Waals surface area contributed by atoms with Crippen molar-refractivity contribution in [1.82, 2.24) is 0 Å². The van der Waals surface area contributed by atoms with Crippen molar-refractivity contribution >= 4 is 11.6 Å². The van der Waals surface area contributed by atoms with Crippen LogP contribution in [0.3, 0.4) is 0 Å². The molecule has 0 saturated carbocycles. The van der Waals surface area contributed by atoms with Gasteiger partial charge in [0.2, 0.25) is 0 Å². The fraction of sp³-hybridized carbons (Fsp3) is 0.143. The lowest BCUT2D eigenvalue weighted by molar-refractivity contribution is 0.626. The maximum atomic E-state index is 13.0. The third kappa shape index (κ3) is 2.61. The van der Waals surface area contributed by atoms with Crippen molar-refractivity contribution in [2.75, 3.05) is 0 Å². The van der Waals surface area contributed by atoms with Crippen LogP contribution in [0.15, 0.2) is 42.5 Å². The highest BCUT2D eigenvalue weighted by atomic mass is 35.5. The SMILES string of the molecule is Cc1ccc(Cc2cccc(F)c2)cc1Cl. The summed E-state index contributed by atoms with van der Waals surface area (Å²) in [6, 6.07) is 12.6. The van der Waals surface area contributed by atoms with Gasteiger partial charge in [-0.05, 0) is 48.2 Å². The lowest BCUT2D eigenvalue weighted by Gasteiger charge is -2.04. The number of hydrogen-bond acceptors (Lipinski definition) is 0. The average molecular weight is 235 g/mol. The van der Waals surface area contributed by atoms with Crippen LogP contribution in [0.2, 0.25) is 5.02 Å². The highest BCUT2D eigenvalue weighted by Gasteiger charge is 2.00. The standard InChI is InChI=1S/C14H12ClF/c1-10-5-6-12(9-14(10)15)7-11-3-2-4-13(16)8-11/h2-6,8-9H,7H2,1H3. The first-order valence-corrected chi connectivity index (χ1v) is 5.52. The molecule has 0 N–H and O–H groups in total. The summed E-state index contributed by atoms with van der Waals surface area (Å²) in [6.45, 7) is 1.97. The normalized spacial score (nSPS) is 10.4. The van der Waals surface area contributed by atoms with Gasteiger partial charge in [0.25, 0.3) is 0 Å². The summed E-state index contributed by atoms with van der Waals surface area (Å²) in [7, 11) is 0. The van der Waals surface area contributed by atoms with Crippen molar-refractivity contribution < 1.29 is 4.39 Å². The Bertz CT molecular complexity index is 506. The number of benzene rings is 2. The van der Waals surface area contributed by atoms with Gasteiger partial charge in [-0.15, -0.1) is 0 Å².